The van der Waals surface area contributed by atoms with Gasteiger partial charge in [0.05, 0.1) is 13.2 Å². The maximum atomic E-state index is 14.7. The molecule has 1 aliphatic carbocycles. The van der Waals surface area contributed by atoms with E-state index in [0.717, 1.165) is 38.0 Å². The van der Waals surface area contributed by atoms with Crippen LogP contribution in [0.2, 0.25) is 0 Å². The quantitative estimate of drug-likeness (QED) is 0.235. The number of hydrogen-bond acceptors (Lipinski definition) is 4. The Morgan fingerprint density at radius 2 is 1.56 bits per heavy atom. The number of likely N-dealkylation sites (tertiary alicyclic amines) is 1. The van der Waals surface area contributed by atoms with Crippen molar-refractivity contribution < 1.29 is 18.7 Å². The van der Waals surface area contributed by atoms with Gasteiger partial charge in [-0.1, -0.05) is 48.5 Å². The molecular formula is C34H36FNO3. The maximum Gasteiger partial charge on any atom is 0.206 e. The molecule has 0 spiro atoms. The molecule has 4 nitrogen and oxygen atoms in total. The molecule has 0 aromatic heterocycles. The van der Waals surface area contributed by atoms with E-state index in [-0.39, 0.29) is 17.4 Å². The molecule has 0 N–H and O–H groups in total. The molecule has 1 unspecified atom stereocenters. The highest BCUT2D eigenvalue weighted by molar-refractivity contribution is 6.09. The van der Waals surface area contributed by atoms with Gasteiger partial charge in [0.25, 0.3) is 0 Å². The van der Waals surface area contributed by atoms with Crippen LogP contribution in [0, 0.1) is 11.7 Å². The summed E-state index contributed by atoms with van der Waals surface area (Å²) < 4.78 is 25.8. The van der Waals surface area contributed by atoms with Crippen LogP contribution in [-0.2, 0) is 17.8 Å². The zero-order valence-electron chi connectivity index (χ0n) is 22.8. The lowest BCUT2D eigenvalue weighted by atomic mass is 9.71. The number of fused-ring (bicyclic) bond motifs is 5. The van der Waals surface area contributed by atoms with E-state index in [1.165, 1.54) is 32.7 Å². The molecule has 0 bridgehead atoms. The molecule has 1 atom stereocenters. The molecule has 39 heavy (non-hydrogen) atoms. The van der Waals surface area contributed by atoms with Crippen molar-refractivity contribution in [3.05, 3.63) is 83.2 Å². The lowest BCUT2D eigenvalue weighted by molar-refractivity contribution is -0.119. The Morgan fingerprint density at radius 1 is 0.872 bits per heavy atom. The van der Waals surface area contributed by atoms with E-state index in [1.807, 2.05) is 13.8 Å². The van der Waals surface area contributed by atoms with E-state index >= 15 is 0 Å². The Hall–Kier alpha value is -3.44. The summed E-state index contributed by atoms with van der Waals surface area (Å²) in [6, 6.07) is 21.1. The highest BCUT2D eigenvalue weighted by Crippen LogP contribution is 2.43. The fourth-order valence-electron chi connectivity index (χ4n) is 6.77. The number of hydrogen-bond donors (Lipinski definition) is 0. The van der Waals surface area contributed by atoms with E-state index in [4.69, 9.17) is 9.47 Å². The van der Waals surface area contributed by atoms with Crippen LogP contribution in [0.25, 0.3) is 21.5 Å². The summed E-state index contributed by atoms with van der Waals surface area (Å²) in [7, 11) is 0. The first-order chi connectivity index (χ1) is 19.1. The van der Waals surface area contributed by atoms with Crippen molar-refractivity contribution in [2.24, 2.45) is 5.92 Å². The number of Topliss-reactive ketones (excluding diaryl/α,β-unsaturated/α-hetero) is 1. The highest BCUT2D eigenvalue weighted by Gasteiger charge is 2.34. The average Bonchev–Trinajstić information content (AvgIpc) is 2.95. The molecule has 1 fully saturated rings. The Kier molecular flexibility index (Phi) is 7.26. The minimum atomic E-state index is -0.428. The van der Waals surface area contributed by atoms with E-state index in [1.54, 1.807) is 12.1 Å². The zero-order chi connectivity index (χ0) is 26.9. The van der Waals surface area contributed by atoms with Crippen LogP contribution in [0.1, 0.15) is 55.7 Å². The normalized spacial score (nSPS) is 18.4. The largest absolute Gasteiger partial charge is 0.491 e. The van der Waals surface area contributed by atoms with Gasteiger partial charge < -0.3 is 9.47 Å². The SMILES string of the molecule is CCOc1cc(CN2CCC(C3CC(=O)Cc4c3ccc3c4ccc4ccccc43)CC2)cc(OCC)c1F. The first kappa shape index (κ1) is 25.8. The van der Waals surface area contributed by atoms with Crippen molar-refractivity contribution in [1.29, 1.82) is 0 Å². The van der Waals surface area contributed by atoms with Gasteiger partial charge in [-0.15, -0.1) is 0 Å². The summed E-state index contributed by atoms with van der Waals surface area (Å²) >= 11 is 0. The zero-order valence-corrected chi connectivity index (χ0v) is 22.8. The van der Waals surface area contributed by atoms with Gasteiger partial charge in [0, 0.05) is 19.4 Å². The van der Waals surface area contributed by atoms with Crippen molar-refractivity contribution in [2.45, 2.75) is 52.0 Å². The molecule has 6 rings (SSSR count). The van der Waals surface area contributed by atoms with Crippen LogP contribution < -0.4 is 9.47 Å². The molecule has 0 radical (unpaired) electrons. The van der Waals surface area contributed by atoms with Crippen LogP contribution in [0.15, 0.2) is 60.7 Å². The number of ketones is 1. The number of carbonyl (C=O) groups is 1. The van der Waals surface area contributed by atoms with Gasteiger partial charge >= 0.3 is 0 Å². The number of carbonyl (C=O) groups excluding carboxylic acids is 1. The first-order valence-corrected chi connectivity index (χ1v) is 14.3. The third kappa shape index (κ3) is 5.00. The topological polar surface area (TPSA) is 38.8 Å². The molecule has 1 saturated heterocycles. The minimum absolute atomic E-state index is 0.255. The molecule has 1 heterocycles. The fraction of sp³-hybridized carbons (Fsp3) is 0.382. The third-order valence-corrected chi connectivity index (χ3v) is 8.57. The van der Waals surface area contributed by atoms with Crippen LogP contribution >= 0.6 is 0 Å². The lowest BCUT2D eigenvalue weighted by Crippen LogP contribution is -2.36. The Bertz CT molecular complexity index is 1500. The van der Waals surface area contributed by atoms with Crippen LogP contribution in [0.4, 0.5) is 4.39 Å². The van der Waals surface area contributed by atoms with Gasteiger partial charge in [0.15, 0.2) is 11.5 Å². The second-order valence-electron chi connectivity index (χ2n) is 10.9. The minimum Gasteiger partial charge on any atom is -0.491 e. The maximum absolute atomic E-state index is 14.7. The number of nitrogens with zero attached hydrogens (tertiary/aromatic N) is 1. The van der Waals surface area contributed by atoms with Gasteiger partial charge in [-0.25, -0.2) is 0 Å². The first-order valence-electron chi connectivity index (χ1n) is 14.3. The van der Waals surface area contributed by atoms with Gasteiger partial charge in [-0.2, -0.15) is 4.39 Å². The number of halogens is 1. The summed E-state index contributed by atoms with van der Waals surface area (Å²) in [5.74, 6) is 1.19. The van der Waals surface area contributed by atoms with Crippen molar-refractivity contribution in [3.63, 3.8) is 0 Å². The summed E-state index contributed by atoms with van der Waals surface area (Å²) in [5, 5.41) is 4.96. The van der Waals surface area contributed by atoms with Gasteiger partial charge in [0.2, 0.25) is 5.82 Å². The molecule has 2 aliphatic rings. The van der Waals surface area contributed by atoms with Crippen LogP contribution in [0.5, 0.6) is 11.5 Å². The fourth-order valence-corrected chi connectivity index (χ4v) is 6.77. The number of ether oxygens (including phenoxy) is 2. The predicted octanol–water partition coefficient (Wildman–Crippen LogP) is 7.44. The van der Waals surface area contributed by atoms with Crippen LogP contribution in [-0.4, -0.2) is 37.0 Å². The molecule has 1 aliphatic heterocycles. The second-order valence-corrected chi connectivity index (χ2v) is 10.9. The molecule has 0 amide bonds. The number of rotatable bonds is 7. The molecule has 4 aromatic rings. The van der Waals surface area contributed by atoms with E-state index in [2.05, 4.69) is 53.4 Å². The second kappa shape index (κ2) is 11.0. The summed E-state index contributed by atoms with van der Waals surface area (Å²) in [6.45, 7) is 7.16. The standard InChI is InChI=1S/C34H36FNO3/c1-3-38-32-17-22(18-33(34(32)35)39-4-2)21-36-15-13-24(14-16-36)30-19-25(37)20-31-28-10-9-23-7-5-6-8-26(23)27(28)11-12-29(30)31/h5-12,17-18,24,30H,3-4,13-16,19-21H2,1-2H3. The van der Waals surface area contributed by atoms with E-state index < -0.39 is 5.82 Å². The molecular weight excluding hydrogens is 489 g/mol. The van der Waals surface area contributed by atoms with Crippen molar-refractivity contribution in [1.82, 2.24) is 4.90 Å². The Morgan fingerprint density at radius 3 is 2.28 bits per heavy atom. The average molecular weight is 526 g/mol. The van der Waals surface area contributed by atoms with Crippen molar-refractivity contribution in [3.8, 4) is 11.5 Å². The Labute approximate surface area is 229 Å². The summed E-state index contributed by atoms with van der Waals surface area (Å²) in [4.78, 5) is 15.4. The number of piperidine rings is 1. The van der Waals surface area contributed by atoms with E-state index in [0.29, 0.717) is 37.8 Å². The molecule has 5 heteroatoms. The highest BCUT2D eigenvalue weighted by atomic mass is 19.1. The number of benzene rings is 4. The molecule has 0 saturated carbocycles. The van der Waals surface area contributed by atoms with Gasteiger partial charge in [-0.3, -0.25) is 9.69 Å². The summed E-state index contributed by atoms with van der Waals surface area (Å²) in [5.41, 5.74) is 3.61. The van der Waals surface area contributed by atoms with E-state index in [9.17, 15) is 9.18 Å². The summed E-state index contributed by atoms with van der Waals surface area (Å²) in [6.07, 6.45) is 3.27. The van der Waals surface area contributed by atoms with Crippen molar-refractivity contribution in [2.75, 3.05) is 26.3 Å². The van der Waals surface area contributed by atoms with Crippen molar-refractivity contribution >= 4 is 27.3 Å². The molecule has 202 valence electrons. The monoisotopic (exact) mass is 525 g/mol. The molecule has 4 aromatic carbocycles. The van der Waals surface area contributed by atoms with Gasteiger partial charge in [0.1, 0.15) is 5.78 Å². The Balaban J connectivity index is 1.21. The lowest BCUT2D eigenvalue weighted by Gasteiger charge is -2.38. The predicted molar refractivity (Wildman–Crippen MR) is 154 cm³/mol. The smallest absolute Gasteiger partial charge is 0.206 e. The van der Waals surface area contributed by atoms with Gasteiger partial charge in [-0.05, 0) is 102 Å². The third-order valence-electron chi connectivity index (χ3n) is 8.57. The van der Waals surface area contributed by atoms with Crippen LogP contribution in [0.3, 0.4) is 0 Å².